The van der Waals surface area contributed by atoms with Crippen LogP contribution in [0.3, 0.4) is 0 Å². The largest absolute Gasteiger partial charge is 0.453 e. The fourth-order valence-corrected chi connectivity index (χ4v) is 7.04. The first-order valence-corrected chi connectivity index (χ1v) is 13.5. The average molecular weight is 530 g/mol. The van der Waals surface area contributed by atoms with Crippen LogP contribution in [0.5, 0.6) is 0 Å². The smallest absolute Gasteiger partial charge is 0.409 e. The second-order valence-corrected chi connectivity index (χ2v) is 11.2. The van der Waals surface area contributed by atoms with Gasteiger partial charge in [-0.3, -0.25) is 4.79 Å². The molecule has 2 aromatic heterocycles. The maximum atomic E-state index is 12.9. The molecular formula is C24H20ClN3O3S3. The number of rotatable bonds is 5. The van der Waals surface area contributed by atoms with Crippen molar-refractivity contribution in [3.05, 3.63) is 64.0 Å². The van der Waals surface area contributed by atoms with Gasteiger partial charge in [-0.2, -0.15) is 0 Å². The molecule has 0 atom stereocenters. The van der Waals surface area contributed by atoms with E-state index in [1.165, 1.54) is 30.2 Å². The monoisotopic (exact) mass is 529 g/mol. The quantitative estimate of drug-likeness (QED) is 0.297. The van der Waals surface area contributed by atoms with Crippen LogP contribution in [0.15, 0.2) is 53.4 Å². The Morgan fingerprint density at radius 1 is 1.18 bits per heavy atom. The van der Waals surface area contributed by atoms with Crippen LogP contribution in [0.2, 0.25) is 5.02 Å². The molecule has 0 radical (unpaired) electrons. The van der Waals surface area contributed by atoms with E-state index in [9.17, 15) is 9.59 Å². The number of nitrogens with one attached hydrogen (secondary N) is 1. The van der Waals surface area contributed by atoms with Crippen LogP contribution in [0.25, 0.3) is 20.8 Å². The molecule has 4 aromatic rings. The van der Waals surface area contributed by atoms with Crippen LogP contribution in [-0.4, -0.2) is 41.3 Å². The first kappa shape index (κ1) is 23.2. The summed E-state index contributed by atoms with van der Waals surface area (Å²) in [6.07, 6.45) is 0.340. The Labute approximate surface area is 213 Å². The standard InChI is InChI=1S/C24H20ClN3O3S3/c1-31-24(30)28-11-10-16-19(12-28)34-23(21(16)22-26-17-4-2-3-5-18(17)33-22)27-20(29)13-32-15-8-6-14(25)7-9-15/h2-9H,10-13H2,1H3,(H,27,29). The summed E-state index contributed by atoms with van der Waals surface area (Å²) >= 11 is 10.5. The number of hydrogen-bond acceptors (Lipinski definition) is 7. The number of amides is 2. The van der Waals surface area contributed by atoms with E-state index in [1.54, 1.807) is 16.2 Å². The molecule has 2 amide bonds. The molecule has 1 N–H and O–H groups in total. The van der Waals surface area contributed by atoms with Crippen molar-refractivity contribution in [2.45, 2.75) is 17.9 Å². The number of carbonyl (C=O) groups is 2. The third-order valence-corrected chi connectivity index (χ3v) is 8.88. The van der Waals surface area contributed by atoms with Gasteiger partial charge in [0.1, 0.15) is 10.0 Å². The summed E-state index contributed by atoms with van der Waals surface area (Å²) in [4.78, 5) is 33.5. The van der Waals surface area contributed by atoms with Crippen molar-refractivity contribution < 1.29 is 14.3 Å². The highest BCUT2D eigenvalue weighted by Crippen LogP contribution is 2.45. The zero-order valence-corrected chi connectivity index (χ0v) is 21.4. The molecule has 0 aliphatic carbocycles. The van der Waals surface area contributed by atoms with Crippen molar-refractivity contribution in [2.24, 2.45) is 0 Å². The molecule has 10 heteroatoms. The van der Waals surface area contributed by atoms with Crippen LogP contribution in [-0.2, 0) is 22.5 Å². The maximum absolute atomic E-state index is 12.9. The molecule has 1 aliphatic heterocycles. The maximum Gasteiger partial charge on any atom is 0.409 e. The summed E-state index contributed by atoms with van der Waals surface area (Å²) in [5, 5.41) is 5.44. The van der Waals surface area contributed by atoms with E-state index in [0.29, 0.717) is 24.5 Å². The summed E-state index contributed by atoms with van der Waals surface area (Å²) < 4.78 is 6.01. The number of nitrogens with zero attached hydrogens (tertiary/aromatic N) is 2. The molecule has 6 nitrogen and oxygen atoms in total. The van der Waals surface area contributed by atoms with Gasteiger partial charge in [-0.05, 0) is 48.4 Å². The number of benzene rings is 2. The number of hydrogen-bond donors (Lipinski definition) is 1. The van der Waals surface area contributed by atoms with Crippen LogP contribution in [0.1, 0.15) is 10.4 Å². The predicted octanol–water partition coefficient (Wildman–Crippen LogP) is 6.53. The van der Waals surface area contributed by atoms with Gasteiger partial charge in [0.15, 0.2) is 0 Å². The molecule has 2 aromatic carbocycles. The highest BCUT2D eigenvalue weighted by atomic mass is 35.5. The zero-order chi connectivity index (χ0) is 23.7. The minimum absolute atomic E-state index is 0.0919. The van der Waals surface area contributed by atoms with E-state index in [1.807, 2.05) is 42.5 Å². The highest BCUT2D eigenvalue weighted by Gasteiger charge is 2.29. The predicted molar refractivity (Wildman–Crippen MR) is 140 cm³/mol. The Hall–Kier alpha value is -2.59. The molecule has 0 spiro atoms. The average Bonchev–Trinajstić information content (AvgIpc) is 3.43. The molecule has 0 fully saturated rings. The number of ether oxygens (including phenoxy) is 1. The lowest BCUT2D eigenvalue weighted by atomic mass is 10.0. The summed E-state index contributed by atoms with van der Waals surface area (Å²) in [6, 6.07) is 15.4. The lowest BCUT2D eigenvalue weighted by Gasteiger charge is -2.25. The van der Waals surface area contributed by atoms with Gasteiger partial charge in [-0.15, -0.1) is 34.4 Å². The fraction of sp³-hybridized carbons (Fsp3) is 0.208. The number of methoxy groups -OCH3 is 1. The van der Waals surface area contributed by atoms with E-state index in [0.717, 1.165) is 41.1 Å². The zero-order valence-electron chi connectivity index (χ0n) is 18.2. The van der Waals surface area contributed by atoms with E-state index in [2.05, 4.69) is 11.4 Å². The minimum atomic E-state index is -0.342. The minimum Gasteiger partial charge on any atom is -0.453 e. The molecule has 0 saturated heterocycles. The summed E-state index contributed by atoms with van der Waals surface area (Å²) in [7, 11) is 1.39. The van der Waals surface area contributed by atoms with Crippen LogP contribution >= 0.6 is 46.0 Å². The fourth-order valence-electron chi connectivity index (χ4n) is 3.82. The number of halogens is 1. The van der Waals surface area contributed by atoms with Gasteiger partial charge in [-0.25, -0.2) is 9.78 Å². The molecule has 0 unspecified atom stereocenters. The Morgan fingerprint density at radius 2 is 1.97 bits per heavy atom. The third-order valence-electron chi connectivity index (χ3n) is 5.43. The second kappa shape index (κ2) is 9.95. The molecule has 0 bridgehead atoms. The topological polar surface area (TPSA) is 71.5 Å². The number of fused-ring (bicyclic) bond motifs is 2. The van der Waals surface area contributed by atoms with Crippen molar-refractivity contribution in [1.82, 2.24) is 9.88 Å². The van der Waals surface area contributed by atoms with Crippen LogP contribution in [0.4, 0.5) is 9.80 Å². The van der Waals surface area contributed by atoms with E-state index < -0.39 is 0 Å². The Morgan fingerprint density at radius 3 is 2.74 bits per heavy atom. The van der Waals surface area contributed by atoms with Crippen molar-refractivity contribution >= 4 is 73.3 Å². The van der Waals surface area contributed by atoms with E-state index >= 15 is 0 Å². The van der Waals surface area contributed by atoms with Gasteiger partial charge < -0.3 is 15.0 Å². The number of thiazole rings is 1. The van der Waals surface area contributed by atoms with Gasteiger partial charge in [-0.1, -0.05) is 23.7 Å². The molecule has 34 heavy (non-hydrogen) atoms. The summed E-state index contributed by atoms with van der Waals surface area (Å²) in [5.74, 6) is 0.184. The number of carbonyl (C=O) groups excluding carboxylic acids is 2. The number of anilines is 1. The van der Waals surface area contributed by atoms with Crippen LogP contribution in [0, 0.1) is 0 Å². The normalized spacial score (nSPS) is 13.1. The molecule has 5 rings (SSSR count). The van der Waals surface area contributed by atoms with Gasteiger partial charge in [0.05, 0.1) is 29.6 Å². The Balaban J connectivity index is 1.44. The molecule has 1 aliphatic rings. The van der Waals surface area contributed by atoms with Crippen molar-refractivity contribution in [3.63, 3.8) is 0 Å². The SMILES string of the molecule is COC(=O)N1CCc2c(sc(NC(=O)CSc3ccc(Cl)cc3)c2-c2nc3ccccc3s2)C1. The number of thioether (sulfide) groups is 1. The van der Waals surface area contributed by atoms with Gasteiger partial charge in [0.2, 0.25) is 5.91 Å². The number of para-hydroxylation sites is 1. The second-order valence-electron chi connectivity index (χ2n) is 7.63. The first-order valence-electron chi connectivity index (χ1n) is 10.5. The molecular weight excluding hydrogens is 510 g/mol. The summed E-state index contributed by atoms with van der Waals surface area (Å²) in [6.45, 7) is 1.02. The molecule has 174 valence electrons. The van der Waals surface area contributed by atoms with Crippen molar-refractivity contribution in [2.75, 3.05) is 24.7 Å². The first-order chi connectivity index (χ1) is 16.5. The van der Waals surface area contributed by atoms with E-state index in [-0.39, 0.29) is 17.8 Å². The van der Waals surface area contributed by atoms with Crippen LogP contribution < -0.4 is 5.32 Å². The Kier molecular flexibility index (Phi) is 6.78. The number of thiophene rings is 1. The molecule has 0 saturated carbocycles. The van der Waals surface area contributed by atoms with Gasteiger partial charge >= 0.3 is 6.09 Å². The summed E-state index contributed by atoms with van der Waals surface area (Å²) in [5.41, 5.74) is 3.05. The number of aromatic nitrogens is 1. The lowest BCUT2D eigenvalue weighted by molar-refractivity contribution is -0.113. The third kappa shape index (κ3) is 4.79. The lowest BCUT2D eigenvalue weighted by Crippen LogP contribution is -2.35. The highest BCUT2D eigenvalue weighted by molar-refractivity contribution is 8.00. The molecule has 3 heterocycles. The van der Waals surface area contributed by atoms with E-state index in [4.69, 9.17) is 21.3 Å². The Bertz CT molecular complexity index is 1330. The van der Waals surface area contributed by atoms with Crippen molar-refractivity contribution in [1.29, 1.82) is 0 Å². The van der Waals surface area contributed by atoms with Gasteiger partial charge in [0.25, 0.3) is 0 Å². The van der Waals surface area contributed by atoms with Crippen molar-refractivity contribution in [3.8, 4) is 10.6 Å². The van der Waals surface area contributed by atoms with Gasteiger partial charge in [0, 0.05) is 26.9 Å².